The van der Waals surface area contributed by atoms with Crippen LogP contribution in [0.5, 0.6) is 0 Å². The highest BCUT2D eigenvalue weighted by molar-refractivity contribution is 5.89. The van der Waals surface area contributed by atoms with Crippen LogP contribution in [0.25, 0.3) is 11.4 Å². The summed E-state index contributed by atoms with van der Waals surface area (Å²) in [6.07, 6.45) is 6.06. The van der Waals surface area contributed by atoms with Crippen LogP contribution in [0.2, 0.25) is 0 Å². The molecule has 0 unspecified atom stereocenters. The van der Waals surface area contributed by atoms with Gasteiger partial charge in [-0.1, -0.05) is 31.8 Å². The van der Waals surface area contributed by atoms with Crippen molar-refractivity contribution in [3.05, 3.63) is 30.2 Å². The van der Waals surface area contributed by atoms with Gasteiger partial charge in [-0.2, -0.15) is 4.98 Å². The smallest absolute Gasteiger partial charge is 0.316 e. The van der Waals surface area contributed by atoms with Gasteiger partial charge in [-0.25, -0.2) is 0 Å². The normalized spacial score (nSPS) is 15.1. The molecule has 1 fully saturated rings. The Morgan fingerprint density at radius 2 is 1.85 bits per heavy atom. The number of carbonyl (C=O) groups is 1. The Morgan fingerprint density at radius 1 is 1.15 bits per heavy atom. The van der Waals surface area contributed by atoms with E-state index in [9.17, 15) is 4.79 Å². The Balaban J connectivity index is 1.62. The molecule has 2 aromatic rings. The van der Waals surface area contributed by atoms with Crippen LogP contribution in [-0.2, 0) is 0 Å². The van der Waals surface area contributed by atoms with Crippen molar-refractivity contribution in [3.8, 4) is 11.4 Å². The fraction of sp³-hybridized carbons (Fsp3) is 0.550. The molecule has 1 aromatic heterocycles. The summed E-state index contributed by atoms with van der Waals surface area (Å²) in [6.45, 7) is 7.07. The van der Waals surface area contributed by atoms with Crippen LogP contribution < -0.4 is 10.2 Å². The van der Waals surface area contributed by atoms with E-state index < -0.39 is 0 Å². The lowest BCUT2D eigenvalue weighted by Crippen LogP contribution is -2.25. The third-order valence-corrected chi connectivity index (χ3v) is 4.72. The number of amides is 1. The van der Waals surface area contributed by atoms with Crippen LogP contribution >= 0.6 is 0 Å². The third-order valence-electron chi connectivity index (χ3n) is 4.72. The van der Waals surface area contributed by atoms with Crippen molar-refractivity contribution < 1.29 is 9.32 Å². The van der Waals surface area contributed by atoms with Gasteiger partial charge in [-0.15, -0.1) is 0 Å². The molecule has 1 aliphatic heterocycles. The van der Waals surface area contributed by atoms with Crippen molar-refractivity contribution in [3.63, 3.8) is 0 Å². The number of hydrogen-bond acceptors (Lipinski definition) is 5. The Hall–Kier alpha value is -2.37. The lowest BCUT2D eigenvalue weighted by Gasteiger charge is -2.22. The number of benzene rings is 1. The molecule has 140 valence electrons. The number of rotatable bonds is 6. The minimum atomic E-state index is -0.314. The second-order valence-electron chi connectivity index (χ2n) is 7.31. The lowest BCUT2D eigenvalue weighted by molar-refractivity contribution is 0.0908. The fourth-order valence-electron chi connectivity index (χ4n) is 3.13. The molecule has 6 nitrogen and oxygen atoms in total. The van der Waals surface area contributed by atoms with Crippen LogP contribution in [0.4, 0.5) is 5.69 Å². The molecule has 26 heavy (non-hydrogen) atoms. The summed E-state index contributed by atoms with van der Waals surface area (Å²) >= 11 is 0. The standard InChI is InChI=1S/C20H28N4O2/c1-15(2)11-12-21-19(25)20-22-18(23-26-20)16-7-9-17(10-8-16)24-13-5-3-4-6-14-24/h7-10,15H,3-6,11-14H2,1-2H3,(H,21,25). The summed E-state index contributed by atoms with van der Waals surface area (Å²) < 4.78 is 5.12. The molecule has 2 heterocycles. The SMILES string of the molecule is CC(C)CCNC(=O)c1nc(-c2ccc(N3CCCCCC3)cc2)no1. The summed E-state index contributed by atoms with van der Waals surface area (Å²) in [4.78, 5) is 18.7. The van der Waals surface area contributed by atoms with Crippen molar-refractivity contribution in [2.45, 2.75) is 46.0 Å². The average molecular weight is 356 g/mol. The van der Waals surface area contributed by atoms with Crippen molar-refractivity contribution in [2.75, 3.05) is 24.5 Å². The first-order valence-electron chi connectivity index (χ1n) is 9.61. The van der Waals surface area contributed by atoms with E-state index in [1.165, 1.54) is 31.4 Å². The summed E-state index contributed by atoms with van der Waals surface area (Å²) in [7, 11) is 0. The van der Waals surface area contributed by atoms with Gasteiger partial charge < -0.3 is 14.7 Å². The Kier molecular flexibility index (Phi) is 6.26. The molecule has 6 heteroatoms. The second kappa shape index (κ2) is 8.83. The quantitative estimate of drug-likeness (QED) is 0.850. The summed E-state index contributed by atoms with van der Waals surface area (Å²) in [5.74, 6) is 0.684. The molecular formula is C20H28N4O2. The van der Waals surface area contributed by atoms with Crippen LogP contribution in [-0.4, -0.2) is 35.7 Å². The lowest BCUT2D eigenvalue weighted by atomic mass is 10.1. The van der Waals surface area contributed by atoms with E-state index in [0.717, 1.165) is 25.1 Å². The summed E-state index contributed by atoms with van der Waals surface area (Å²) in [6, 6.07) is 8.18. The van der Waals surface area contributed by atoms with E-state index >= 15 is 0 Å². The van der Waals surface area contributed by atoms with Crippen molar-refractivity contribution in [2.24, 2.45) is 5.92 Å². The van der Waals surface area contributed by atoms with Gasteiger partial charge in [0.05, 0.1) is 0 Å². The molecule has 1 N–H and O–H groups in total. The van der Waals surface area contributed by atoms with Crippen molar-refractivity contribution >= 4 is 11.6 Å². The number of hydrogen-bond donors (Lipinski definition) is 1. The molecular weight excluding hydrogens is 328 g/mol. The van der Waals surface area contributed by atoms with Gasteiger partial charge in [0.15, 0.2) is 0 Å². The molecule has 3 rings (SSSR count). The fourth-order valence-corrected chi connectivity index (χ4v) is 3.13. The molecule has 0 radical (unpaired) electrons. The summed E-state index contributed by atoms with van der Waals surface area (Å²) in [5, 5.41) is 6.76. The van der Waals surface area contributed by atoms with Gasteiger partial charge in [0.2, 0.25) is 5.82 Å². The van der Waals surface area contributed by atoms with Crippen LogP contribution in [0.3, 0.4) is 0 Å². The molecule has 1 amide bonds. The van der Waals surface area contributed by atoms with Gasteiger partial charge in [0, 0.05) is 30.9 Å². The molecule has 0 aliphatic carbocycles. The zero-order valence-electron chi connectivity index (χ0n) is 15.7. The Bertz CT molecular complexity index is 701. The zero-order valence-corrected chi connectivity index (χ0v) is 15.7. The summed E-state index contributed by atoms with van der Waals surface area (Å²) in [5.41, 5.74) is 2.08. The topological polar surface area (TPSA) is 71.3 Å². The van der Waals surface area contributed by atoms with E-state index in [1.54, 1.807) is 0 Å². The molecule has 1 saturated heterocycles. The number of anilines is 1. The van der Waals surface area contributed by atoms with Gasteiger partial charge in [0.1, 0.15) is 0 Å². The highest BCUT2D eigenvalue weighted by atomic mass is 16.5. The second-order valence-corrected chi connectivity index (χ2v) is 7.31. The zero-order chi connectivity index (χ0) is 18.4. The van der Waals surface area contributed by atoms with E-state index in [-0.39, 0.29) is 11.8 Å². The van der Waals surface area contributed by atoms with Crippen molar-refractivity contribution in [1.82, 2.24) is 15.5 Å². The maximum atomic E-state index is 12.0. The number of nitrogens with zero attached hydrogens (tertiary/aromatic N) is 3. The average Bonchev–Trinajstić information content (AvgIpc) is 2.97. The molecule has 1 aromatic carbocycles. The predicted molar refractivity (Wildman–Crippen MR) is 102 cm³/mol. The van der Waals surface area contributed by atoms with Crippen molar-refractivity contribution in [1.29, 1.82) is 0 Å². The number of aromatic nitrogens is 2. The predicted octanol–water partition coefficient (Wildman–Crippen LogP) is 3.89. The molecule has 1 aliphatic rings. The van der Waals surface area contributed by atoms with Gasteiger partial charge in [0.25, 0.3) is 0 Å². The minimum absolute atomic E-state index is 0.0142. The number of carbonyl (C=O) groups excluding carboxylic acids is 1. The molecule has 0 atom stereocenters. The molecule has 0 bridgehead atoms. The van der Waals surface area contributed by atoms with Gasteiger partial charge >= 0.3 is 11.8 Å². The maximum Gasteiger partial charge on any atom is 0.316 e. The molecule has 0 spiro atoms. The highest BCUT2D eigenvalue weighted by Crippen LogP contribution is 2.23. The Labute approximate surface area is 155 Å². The van der Waals surface area contributed by atoms with Gasteiger partial charge in [-0.05, 0) is 49.4 Å². The van der Waals surface area contributed by atoms with E-state index in [2.05, 4.69) is 46.3 Å². The van der Waals surface area contributed by atoms with E-state index in [0.29, 0.717) is 18.3 Å². The largest absolute Gasteiger partial charge is 0.372 e. The highest BCUT2D eigenvalue weighted by Gasteiger charge is 2.16. The van der Waals surface area contributed by atoms with Crippen LogP contribution in [0.15, 0.2) is 28.8 Å². The van der Waals surface area contributed by atoms with Crippen LogP contribution in [0.1, 0.15) is 56.6 Å². The van der Waals surface area contributed by atoms with E-state index in [1.807, 2.05) is 12.1 Å². The third kappa shape index (κ3) is 4.84. The Morgan fingerprint density at radius 3 is 2.50 bits per heavy atom. The first-order chi connectivity index (χ1) is 12.6. The number of nitrogens with one attached hydrogen (secondary N) is 1. The molecule has 0 saturated carbocycles. The minimum Gasteiger partial charge on any atom is -0.372 e. The monoisotopic (exact) mass is 356 g/mol. The first-order valence-corrected chi connectivity index (χ1v) is 9.61. The van der Waals surface area contributed by atoms with Gasteiger partial charge in [-0.3, -0.25) is 4.79 Å². The van der Waals surface area contributed by atoms with Crippen LogP contribution in [0, 0.1) is 5.92 Å². The maximum absolute atomic E-state index is 12.0. The van der Waals surface area contributed by atoms with E-state index in [4.69, 9.17) is 4.52 Å². The first kappa shape index (κ1) is 18.4.